The highest BCUT2D eigenvalue weighted by atomic mass is 16.6. The molecule has 0 aromatic rings. The number of esters is 1. The summed E-state index contributed by atoms with van der Waals surface area (Å²) in [5.74, 6) is -0.386. The number of carbonyl (C=O) groups is 1. The van der Waals surface area contributed by atoms with Gasteiger partial charge in [0.05, 0.1) is 13.2 Å². The fourth-order valence-electron chi connectivity index (χ4n) is 2.99. The summed E-state index contributed by atoms with van der Waals surface area (Å²) in [6, 6.07) is 0. The van der Waals surface area contributed by atoms with Crippen molar-refractivity contribution in [2.75, 3.05) is 13.2 Å². The summed E-state index contributed by atoms with van der Waals surface area (Å²) >= 11 is 0. The summed E-state index contributed by atoms with van der Waals surface area (Å²) < 4.78 is 10.4. The van der Waals surface area contributed by atoms with Crippen molar-refractivity contribution in [3.8, 4) is 0 Å². The number of hydrogen-bond donors (Lipinski definition) is 3. The Morgan fingerprint density at radius 3 is 2.29 bits per heavy atom. The molecule has 24 heavy (non-hydrogen) atoms. The summed E-state index contributed by atoms with van der Waals surface area (Å²) in [6.45, 7) is 1.71. The van der Waals surface area contributed by atoms with Crippen LogP contribution in [0.2, 0.25) is 0 Å². The quantitative estimate of drug-likeness (QED) is 0.348. The maximum atomic E-state index is 11.9. The molecule has 0 aromatic carbocycles. The molecular formula is C18H34O6. The summed E-state index contributed by atoms with van der Waals surface area (Å²) in [5, 5.41) is 28.4. The maximum absolute atomic E-state index is 11.9. The van der Waals surface area contributed by atoms with E-state index in [1.807, 2.05) is 0 Å². The van der Waals surface area contributed by atoms with Crippen molar-refractivity contribution in [1.82, 2.24) is 0 Å². The Hall–Kier alpha value is -0.690. The maximum Gasteiger partial charge on any atom is 0.306 e. The lowest BCUT2D eigenvalue weighted by Gasteiger charge is -2.23. The molecule has 0 saturated carbocycles. The van der Waals surface area contributed by atoms with Crippen molar-refractivity contribution < 1.29 is 29.6 Å². The average Bonchev–Trinajstić information content (AvgIpc) is 2.93. The zero-order valence-corrected chi connectivity index (χ0v) is 14.9. The smallest absolute Gasteiger partial charge is 0.306 e. The molecule has 0 aliphatic carbocycles. The van der Waals surface area contributed by atoms with E-state index >= 15 is 0 Å². The highest BCUT2D eigenvalue weighted by Gasteiger charge is 2.42. The average molecular weight is 346 g/mol. The van der Waals surface area contributed by atoms with Gasteiger partial charge in [-0.3, -0.25) is 4.79 Å². The van der Waals surface area contributed by atoms with Gasteiger partial charge >= 0.3 is 5.97 Å². The van der Waals surface area contributed by atoms with E-state index in [4.69, 9.17) is 14.6 Å². The Balaban J connectivity index is 2.10. The van der Waals surface area contributed by atoms with Crippen LogP contribution in [0.1, 0.15) is 71.1 Å². The molecule has 0 unspecified atom stereocenters. The van der Waals surface area contributed by atoms with E-state index in [9.17, 15) is 15.0 Å². The van der Waals surface area contributed by atoms with Gasteiger partial charge in [0.25, 0.3) is 0 Å². The van der Waals surface area contributed by atoms with Crippen molar-refractivity contribution in [1.29, 1.82) is 0 Å². The monoisotopic (exact) mass is 346 g/mol. The van der Waals surface area contributed by atoms with Gasteiger partial charge in [-0.2, -0.15) is 0 Å². The number of carbonyl (C=O) groups excluding carboxylic acids is 1. The number of rotatable bonds is 13. The number of ether oxygens (including phenoxy) is 2. The molecule has 0 radical (unpaired) electrons. The molecule has 0 spiro atoms. The normalized spacial score (nSPS) is 24.9. The number of unbranched alkanes of at least 4 members (excludes halogenated alkanes) is 8. The molecule has 0 aromatic heterocycles. The number of aliphatic hydroxyl groups excluding tert-OH is 3. The summed E-state index contributed by atoms with van der Waals surface area (Å²) in [6.07, 6.45) is 6.97. The molecule has 6 nitrogen and oxygen atoms in total. The minimum Gasteiger partial charge on any atom is -0.457 e. The van der Waals surface area contributed by atoms with E-state index in [0.717, 1.165) is 19.3 Å². The molecule has 1 aliphatic rings. The van der Waals surface area contributed by atoms with Gasteiger partial charge in [-0.15, -0.1) is 0 Å². The van der Waals surface area contributed by atoms with E-state index in [2.05, 4.69) is 6.92 Å². The van der Waals surface area contributed by atoms with Crippen LogP contribution in [-0.4, -0.2) is 58.9 Å². The Kier molecular flexibility index (Phi) is 11.2. The first-order chi connectivity index (χ1) is 11.6. The number of hydrogen-bond acceptors (Lipinski definition) is 6. The molecule has 1 rings (SSSR count). The molecule has 6 heteroatoms. The Labute approximate surface area is 145 Å². The van der Waals surface area contributed by atoms with Crippen LogP contribution in [-0.2, 0) is 14.3 Å². The van der Waals surface area contributed by atoms with Gasteiger partial charge < -0.3 is 24.8 Å². The first kappa shape index (κ1) is 21.4. The zero-order chi connectivity index (χ0) is 17.8. The molecule has 1 fully saturated rings. The summed E-state index contributed by atoms with van der Waals surface area (Å²) in [7, 11) is 0. The minimum absolute atomic E-state index is 0.00228. The third-order valence-electron chi connectivity index (χ3n) is 4.48. The van der Waals surface area contributed by atoms with E-state index in [1.165, 1.54) is 38.5 Å². The molecule has 0 amide bonds. The van der Waals surface area contributed by atoms with E-state index in [-0.39, 0.29) is 12.6 Å². The van der Waals surface area contributed by atoms with Crippen LogP contribution >= 0.6 is 0 Å². The second kappa shape index (κ2) is 12.6. The molecule has 1 saturated heterocycles. The van der Waals surface area contributed by atoms with Gasteiger partial charge in [-0.25, -0.2) is 0 Å². The number of aliphatic hydroxyl groups is 3. The fraction of sp³-hybridized carbons (Fsp3) is 0.944. The second-order valence-corrected chi connectivity index (χ2v) is 6.65. The van der Waals surface area contributed by atoms with Gasteiger partial charge in [-0.05, 0) is 6.42 Å². The first-order valence-electron chi connectivity index (χ1n) is 9.38. The Bertz CT molecular complexity index is 335. The lowest BCUT2D eigenvalue weighted by atomic mass is 10.1. The van der Waals surface area contributed by atoms with Crippen LogP contribution in [0.15, 0.2) is 0 Å². The molecule has 3 N–H and O–H groups in total. The largest absolute Gasteiger partial charge is 0.457 e. The van der Waals surface area contributed by atoms with Gasteiger partial charge in [-0.1, -0.05) is 58.3 Å². The first-order valence-corrected chi connectivity index (χ1v) is 9.38. The van der Waals surface area contributed by atoms with Crippen molar-refractivity contribution in [3.05, 3.63) is 0 Å². The second-order valence-electron chi connectivity index (χ2n) is 6.65. The van der Waals surface area contributed by atoms with Gasteiger partial charge in [0.15, 0.2) is 6.10 Å². The SMILES string of the molecule is CCCCCCCCCCCC(=O)O[C@H]1[C@@H]([C@H](O)CO)OC[C@H]1O. The van der Waals surface area contributed by atoms with Crippen LogP contribution in [0, 0.1) is 0 Å². The van der Waals surface area contributed by atoms with Crippen LogP contribution < -0.4 is 0 Å². The predicted molar refractivity (Wildman–Crippen MR) is 90.6 cm³/mol. The molecule has 1 aliphatic heterocycles. The molecular weight excluding hydrogens is 312 g/mol. The van der Waals surface area contributed by atoms with Gasteiger partial charge in [0.2, 0.25) is 0 Å². The lowest BCUT2D eigenvalue weighted by molar-refractivity contribution is -0.160. The highest BCUT2D eigenvalue weighted by Crippen LogP contribution is 2.22. The van der Waals surface area contributed by atoms with Crippen molar-refractivity contribution in [2.24, 2.45) is 0 Å². The van der Waals surface area contributed by atoms with E-state index in [0.29, 0.717) is 6.42 Å². The van der Waals surface area contributed by atoms with Crippen molar-refractivity contribution in [3.63, 3.8) is 0 Å². The topological polar surface area (TPSA) is 96.2 Å². The lowest BCUT2D eigenvalue weighted by Crippen LogP contribution is -2.43. The third-order valence-corrected chi connectivity index (χ3v) is 4.48. The van der Waals surface area contributed by atoms with Gasteiger partial charge in [0.1, 0.15) is 18.3 Å². The van der Waals surface area contributed by atoms with E-state index in [1.54, 1.807) is 0 Å². The molecule has 4 atom stereocenters. The predicted octanol–water partition coefficient (Wildman–Crippen LogP) is 1.93. The molecule has 1 heterocycles. The molecule has 142 valence electrons. The summed E-state index contributed by atoms with van der Waals surface area (Å²) in [4.78, 5) is 11.9. The van der Waals surface area contributed by atoms with E-state index < -0.39 is 31.0 Å². The van der Waals surface area contributed by atoms with Gasteiger partial charge in [0, 0.05) is 6.42 Å². The standard InChI is InChI=1S/C18H34O6/c1-2-3-4-5-6-7-8-9-10-11-16(22)24-18-15(21)13-23-17(18)14(20)12-19/h14-15,17-21H,2-13H2,1H3/t14-,15-,17-,18-/m1/s1. The third kappa shape index (κ3) is 7.92. The highest BCUT2D eigenvalue weighted by molar-refractivity contribution is 5.69. The minimum atomic E-state index is -1.16. The Morgan fingerprint density at radius 1 is 1.12 bits per heavy atom. The van der Waals surface area contributed by atoms with Crippen LogP contribution in [0.5, 0.6) is 0 Å². The van der Waals surface area contributed by atoms with Crippen LogP contribution in [0.25, 0.3) is 0 Å². The molecule has 0 bridgehead atoms. The van der Waals surface area contributed by atoms with Crippen molar-refractivity contribution >= 4 is 5.97 Å². The fourth-order valence-corrected chi connectivity index (χ4v) is 2.99. The van der Waals surface area contributed by atoms with Crippen LogP contribution in [0.3, 0.4) is 0 Å². The van der Waals surface area contributed by atoms with Crippen LogP contribution in [0.4, 0.5) is 0 Å². The zero-order valence-electron chi connectivity index (χ0n) is 14.9. The van der Waals surface area contributed by atoms with Crippen molar-refractivity contribution in [2.45, 2.75) is 95.5 Å². The summed E-state index contributed by atoms with van der Waals surface area (Å²) in [5.41, 5.74) is 0. The Morgan fingerprint density at radius 2 is 1.71 bits per heavy atom.